The Kier molecular flexibility index (Phi) is 4.19. The van der Waals surface area contributed by atoms with E-state index in [0.29, 0.717) is 17.5 Å². The fourth-order valence-corrected chi connectivity index (χ4v) is 3.37. The molecule has 0 aliphatic rings. The van der Waals surface area contributed by atoms with Crippen LogP contribution in [0.1, 0.15) is 26.6 Å². The highest BCUT2D eigenvalue weighted by molar-refractivity contribution is 7.15. The van der Waals surface area contributed by atoms with Gasteiger partial charge in [0.1, 0.15) is 0 Å². The molecule has 0 saturated carbocycles. The van der Waals surface area contributed by atoms with Crippen molar-refractivity contribution in [2.45, 2.75) is 12.6 Å². The van der Waals surface area contributed by atoms with Gasteiger partial charge in [-0.05, 0) is 35.9 Å². The van der Waals surface area contributed by atoms with Crippen LogP contribution in [0.2, 0.25) is 0 Å². The summed E-state index contributed by atoms with van der Waals surface area (Å²) in [6, 6.07) is 10.4. The molecule has 7 heteroatoms. The molecule has 0 fully saturated rings. The first kappa shape index (κ1) is 16.3. The van der Waals surface area contributed by atoms with E-state index in [2.05, 4.69) is 0 Å². The van der Waals surface area contributed by atoms with Gasteiger partial charge >= 0.3 is 6.18 Å². The number of carbonyl (C=O) groups excluding carboxylic acids is 1. The number of hydrogen-bond acceptors (Lipinski definition) is 3. The van der Waals surface area contributed by atoms with E-state index in [1.807, 2.05) is 12.1 Å². The predicted molar refractivity (Wildman–Crippen MR) is 84.8 cm³/mol. The van der Waals surface area contributed by atoms with Gasteiger partial charge in [-0.2, -0.15) is 13.2 Å². The highest BCUT2D eigenvalue weighted by Gasteiger charge is 2.30. The van der Waals surface area contributed by atoms with Gasteiger partial charge in [-0.15, -0.1) is 11.3 Å². The third kappa shape index (κ3) is 3.35. The van der Waals surface area contributed by atoms with E-state index in [4.69, 9.17) is 10.2 Å². The smallest absolute Gasteiger partial charge is 0.416 e. The lowest BCUT2D eigenvalue weighted by atomic mass is 10.1. The first-order valence-electron chi connectivity index (χ1n) is 6.97. The molecule has 24 heavy (non-hydrogen) atoms. The Balaban J connectivity index is 1.80. The molecule has 0 bridgehead atoms. The molecule has 1 amide bonds. The quantitative estimate of drug-likeness (QED) is 0.740. The Bertz CT molecular complexity index is 863. The summed E-state index contributed by atoms with van der Waals surface area (Å²) < 4.78 is 42.8. The molecule has 124 valence electrons. The second-order valence-corrected chi connectivity index (χ2v) is 6.33. The molecule has 2 heterocycles. The number of hydrogen-bond donors (Lipinski definition) is 1. The normalized spacial score (nSPS) is 11.6. The lowest BCUT2D eigenvalue weighted by molar-refractivity contribution is -0.137. The van der Waals surface area contributed by atoms with E-state index in [9.17, 15) is 18.0 Å². The van der Waals surface area contributed by atoms with Crippen molar-refractivity contribution in [3.63, 3.8) is 0 Å². The van der Waals surface area contributed by atoms with Gasteiger partial charge < -0.3 is 10.2 Å². The molecule has 2 N–H and O–H groups in total. The molecule has 3 aromatic rings. The second kappa shape index (κ2) is 6.16. The van der Waals surface area contributed by atoms with E-state index in [0.717, 1.165) is 21.9 Å². The Morgan fingerprint density at radius 1 is 1.08 bits per heavy atom. The predicted octanol–water partition coefficient (Wildman–Crippen LogP) is 4.72. The van der Waals surface area contributed by atoms with Crippen LogP contribution in [0, 0.1) is 0 Å². The van der Waals surface area contributed by atoms with Crippen molar-refractivity contribution in [3.8, 4) is 10.4 Å². The van der Waals surface area contributed by atoms with Crippen LogP contribution in [-0.4, -0.2) is 5.91 Å². The van der Waals surface area contributed by atoms with E-state index in [1.165, 1.54) is 29.7 Å². The number of furan rings is 1. The number of amides is 1. The highest BCUT2D eigenvalue weighted by atomic mass is 32.1. The number of halogens is 3. The van der Waals surface area contributed by atoms with Crippen LogP contribution >= 0.6 is 11.3 Å². The second-order valence-electron chi connectivity index (χ2n) is 5.16. The van der Waals surface area contributed by atoms with Crippen LogP contribution in [0.4, 0.5) is 13.2 Å². The van der Waals surface area contributed by atoms with Gasteiger partial charge in [-0.1, -0.05) is 12.1 Å². The topological polar surface area (TPSA) is 56.2 Å². The number of rotatable bonds is 4. The maximum atomic E-state index is 12.6. The summed E-state index contributed by atoms with van der Waals surface area (Å²) >= 11 is 1.44. The van der Waals surface area contributed by atoms with Crippen molar-refractivity contribution in [1.82, 2.24) is 0 Å². The lowest BCUT2D eigenvalue weighted by Crippen LogP contribution is -2.11. The van der Waals surface area contributed by atoms with Gasteiger partial charge in [0.25, 0.3) is 5.91 Å². The van der Waals surface area contributed by atoms with Gasteiger partial charge in [0.2, 0.25) is 0 Å². The lowest BCUT2D eigenvalue weighted by Gasteiger charge is -2.06. The zero-order valence-corrected chi connectivity index (χ0v) is 13.1. The SMILES string of the molecule is NC(=O)c1occc1Cc1ccc(-c2ccc(C(F)(F)F)cc2)s1. The Morgan fingerprint density at radius 3 is 2.42 bits per heavy atom. The van der Waals surface area contributed by atoms with Gasteiger partial charge in [-0.25, -0.2) is 0 Å². The number of nitrogens with two attached hydrogens (primary N) is 1. The van der Waals surface area contributed by atoms with E-state index in [-0.39, 0.29) is 5.76 Å². The molecule has 3 rings (SSSR count). The molecule has 0 atom stereocenters. The molecule has 0 spiro atoms. The zero-order valence-electron chi connectivity index (χ0n) is 12.3. The minimum Gasteiger partial charge on any atom is -0.459 e. The molecule has 0 aliphatic heterocycles. The molecule has 0 saturated heterocycles. The summed E-state index contributed by atoms with van der Waals surface area (Å²) in [6.45, 7) is 0. The number of benzene rings is 1. The Morgan fingerprint density at radius 2 is 1.79 bits per heavy atom. The van der Waals surface area contributed by atoms with Crippen LogP contribution in [-0.2, 0) is 12.6 Å². The molecule has 3 nitrogen and oxygen atoms in total. The number of carbonyl (C=O) groups is 1. The summed E-state index contributed by atoms with van der Waals surface area (Å²) in [5.74, 6) is -0.506. The van der Waals surface area contributed by atoms with Gasteiger partial charge in [0, 0.05) is 21.7 Å². The molecule has 0 radical (unpaired) electrons. The largest absolute Gasteiger partial charge is 0.459 e. The van der Waals surface area contributed by atoms with E-state index in [1.54, 1.807) is 6.07 Å². The van der Waals surface area contributed by atoms with Crippen molar-refractivity contribution in [2.24, 2.45) is 5.73 Å². The first-order valence-corrected chi connectivity index (χ1v) is 7.79. The van der Waals surface area contributed by atoms with Crippen LogP contribution in [0.3, 0.4) is 0 Å². The summed E-state index contributed by atoms with van der Waals surface area (Å²) in [7, 11) is 0. The standard InChI is InChI=1S/C17H12F3NO2S/c18-17(19,20)12-3-1-10(2-4-12)14-6-5-13(24-14)9-11-7-8-23-15(11)16(21)22/h1-8H,9H2,(H2,21,22). The summed E-state index contributed by atoms with van der Waals surface area (Å²) in [6.07, 6.45) is -2.47. The van der Waals surface area contributed by atoms with Crippen LogP contribution in [0.15, 0.2) is 53.1 Å². The van der Waals surface area contributed by atoms with Crippen molar-refractivity contribution < 1.29 is 22.4 Å². The van der Waals surface area contributed by atoms with Crippen molar-refractivity contribution >= 4 is 17.2 Å². The summed E-state index contributed by atoms with van der Waals surface area (Å²) in [4.78, 5) is 13.1. The van der Waals surface area contributed by atoms with E-state index < -0.39 is 17.6 Å². The van der Waals surface area contributed by atoms with Crippen LogP contribution < -0.4 is 5.73 Å². The van der Waals surface area contributed by atoms with Crippen molar-refractivity contribution in [3.05, 3.63) is 70.5 Å². The maximum absolute atomic E-state index is 12.6. The minimum absolute atomic E-state index is 0.125. The van der Waals surface area contributed by atoms with Gasteiger partial charge in [0.05, 0.1) is 11.8 Å². The summed E-state index contributed by atoms with van der Waals surface area (Å²) in [5, 5.41) is 0. The van der Waals surface area contributed by atoms with Crippen molar-refractivity contribution in [1.29, 1.82) is 0 Å². The third-order valence-corrected chi connectivity index (χ3v) is 4.63. The maximum Gasteiger partial charge on any atom is 0.416 e. The molecule has 2 aromatic heterocycles. The third-order valence-electron chi connectivity index (χ3n) is 3.49. The first-order chi connectivity index (χ1) is 11.3. The molecule has 0 aliphatic carbocycles. The average molecular weight is 351 g/mol. The number of primary amides is 1. The highest BCUT2D eigenvalue weighted by Crippen LogP contribution is 2.33. The molecule has 0 unspecified atom stereocenters. The fraction of sp³-hybridized carbons (Fsp3) is 0.118. The van der Waals surface area contributed by atoms with Crippen LogP contribution in [0.25, 0.3) is 10.4 Å². The molecular weight excluding hydrogens is 339 g/mol. The van der Waals surface area contributed by atoms with E-state index >= 15 is 0 Å². The van der Waals surface area contributed by atoms with Gasteiger partial charge in [-0.3, -0.25) is 4.79 Å². The monoisotopic (exact) mass is 351 g/mol. The number of thiophene rings is 1. The minimum atomic E-state index is -4.34. The molecular formula is C17H12F3NO2S. The number of alkyl halides is 3. The summed E-state index contributed by atoms with van der Waals surface area (Å²) in [5.41, 5.74) is 5.96. The fourth-order valence-electron chi connectivity index (χ4n) is 2.33. The Hall–Kier alpha value is -2.54. The molecule has 1 aromatic carbocycles. The Labute approximate surface area is 139 Å². The zero-order chi connectivity index (χ0) is 17.3. The van der Waals surface area contributed by atoms with Crippen LogP contribution in [0.5, 0.6) is 0 Å². The van der Waals surface area contributed by atoms with Crippen molar-refractivity contribution in [2.75, 3.05) is 0 Å². The average Bonchev–Trinajstić information content (AvgIpc) is 3.16. The van der Waals surface area contributed by atoms with Gasteiger partial charge in [0.15, 0.2) is 5.76 Å².